The molecule has 3 fully saturated rings. The molecular weight excluding hydrogens is 176 g/mol. The lowest BCUT2D eigenvalue weighted by atomic mass is 9.89. The topological polar surface area (TPSA) is 24.5 Å². The summed E-state index contributed by atoms with van der Waals surface area (Å²) in [7, 11) is 0. The van der Waals surface area contributed by atoms with E-state index in [2.05, 4.69) is 17.1 Å². The maximum absolute atomic E-state index is 5.62. The number of morpholine rings is 1. The van der Waals surface area contributed by atoms with Crippen molar-refractivity contribution in [3.63, 3.8) is 0 Å². The van der Waals surface area contributed by atoms with Crippen molar-refractivity contribution in [1.29, 1.82) is 0 Å². The van der Waals surface area contributed by atoms with Crippen LogP contribution in [-0.2, 0) is 4.74 Å². The van der Waals surface area contributed by atoms with Gasteiger partial charge in [0.15, 0.2) is 0 Å². The van der Waals surface area contributed by atoms with Gasteiger partial charge in [-0.15, -0.1) is 0 Å². The lowest BCUT2D eigenvalue weighted by Crippen LogP contribution is -2.44. The molecule has 3 unspecified atom stereocenters. The van der Waals surface area contributed by atoms with Gasteiger partial charge in [-0.2, -0.15) is 0 Å². The molecule has 3 aliphatic rings. The second-order valence-electron chi connectivity index (χ2n) is 5.51. The molecule has 0 aromatic rings. The number of nitrogens with zero attached hydrogens (tertiary/aromatic N) is 1. The zero-order valence-corrected chi connectivity index (χ0v) is 8.96. The molecular formula is C11H20N2O. The third kappa shape index (κ3) is 1.47. The minimum absolute atomic E-state index is 0.518. The number of hydrogen-bond acceptors (Lipinski definition) is 3. The number of rotatable bonds is 2. The Morgan fingerprint density at radius 1 is 1.57 bits per heavy atom. The van der Waals surface area contributed by atoms with E-state index in [-0.39, 0.29) is 0 Å². The first kappa shape index (κ1) is 9.13. The molecule has 3 saturated heterocycles. The lowest BCUT2D eigenvalue weighted by Gasteiger charge is -2.34. The fraction of sp³-hybridized carbons (Fsp3) is 1.00. The zero-order chi connectivity index (χ0) is 9.60. The average Bonchev–Trinajstić information content (AvgIpc) is 2.80. The second kappa shape index (κ2) is 3.19. The Labute approximate surface area is 85.8 Å². The van der Waals surface area contributed by atoms with Crippen molar-refractivity contribution < 1.29 is 4.74 Å². The fourth-order valence-corrected chi connectivity index (χ4v) is 3.17. The Hall–Kier alpha value is -0.120. The highest BCUT2D eigenvalue weighted by molar-refractivity contribution is 4.96. The summed E-state index contributed by atoms with van der Waals surface area (Å²) in [5.74, 6) is 0. The van der Waals surface area contributed by atoms with E-state index in [9.17, 15) is 0 Å². The molecule has 3 atom stereocenters. The third-order valence-corrected chi connectivity index (χ3v) is 4.06. The first-order valence-corrected chi connectivity index (χ1v) is 5.82. The molecule has 3 rings (SSSR count). The predicted octanol–water partition coefficient (Wildman–Crippen LogP) is 0.459. The fourth-order valence-electron chi connectivity index (χ4n) is 3.17. The van der Waals surface area contributed by atoms with E-state index >= 15 is 0 Å². The highest BCUT2D eigenvalue weighted by Gasteiger charge is 2.42. The highest BCUT2D eigenvalue weighted by atomic mass is 16.5. The van der Waals surface area contributed by atoms with Gasteiger partial charge in [-0.1, -0.05) is 6.92 Å². The number of likely N-dealkylation sites (tertiary alicyclic amines) is 1. The Morgan fingerprint density at radius 3 is 3.07 bits per heavy atom. The summed E-state index contributed by atoms with van der Waals surface area (Å²) in [6.45, 7) is 8.25. The summed E-state index contributed by atoms with van der Waals surface area (Å²) in [4.78, 5) is 2.65. The SMILES string of the molecule is CC1(CN2CC3CC2CO3)CCNC1. The molecule has 2 bridgehead atoms. The van der Waals surface area contributed by atoms with Gasteiger partial charge in [0.25, 0.3) is 0 Å². The van der Waals surface area contributed by atoms with Gasteiger partial charge in [-0.25, -0.2) is 0 Å². The third-order valence-electron chi connectivity index (χ3n) is 4.06. The summed E-state index contributed by atoms with van der Waals surface area (Å²) in [6.07, 6.45) is 3.17. The van der Waals surface area contributed by atoms with Gasteiger partial charge >= 0.3 is 0 Å². The Balaban J connectivity index is 1.62. The van der Waals surface area contributed by atoms with E-state index < -0.39 is 0 Å². The van der Waals surface area contributed by atoms with Gasteiger partial charge in [-0.05, 0) is 24.8 Å². The van der Waals surface area contributed by atoms with Crippen LogP contribution < -0.4 is 5.32 Å². The molecule has 0 spiro atoms. The standard InChI is InChI=1S/C11H20N2O/c1-11(2-3-12-7-11)8-13-5-10-4-9(13)6-14-10/h9-10,12H,2-8H2,1H3. The van der Waals surface area contributed by atoms with E-state index in [4.69, 9.17) is 4.74 Å². The van der Waals surface area contributed by atoms with Crippen molar-refractivity contribution in [3.8, 4) is 0 Å². The normalized spacial score (nSPS) is 47.8. The van der Waals surface area contributed by atoms with Crippen molar-refractivity contribution >= 4 is 0 Å². The van der Waals surface area contributed by atoms with Crippen LogP contribution in [-0.4, -0.2) is 49.8 Å². The first-order valence-electron chi connectivity index (χ1n) is 5.82. The molecule has 0 amide bonds. The molecule has 3 heterocycles. The number of fused-ring (bicyclic) bond motifs is 2. The largest absolute Gasteiger partial charge is 0.375 e. The molecule has 0 saturated carbocycles. The molecule has 1 N–H and O–H groups in total. The minimum Gasteiger partial charge on any atom is -0.375 e. The van der Waals surface area contributed by atoms with Gasteiger partial charge in [0.2, 0.25) is 0 Å². The van der Waals surface area contributed by atoms with Crippen LogP contribution in [0.25, 0.3) is 0 Å². The maximum atomic E-state index is 5.62. The van der Waals surface area contributed by atoms with Gasteiger partial charge in [-0.3, -0.25) is 4.90 Å². The zero-order valence-electron chi connectivity index (χ0n) is 8.96. The summed E-state index contributed by atoms with van der Waals surface area (Å²) >= 11 is 0. The molecule has 3 heteroatoms. The van der Waals surface area contributed by atoms with Gasteiger partial charge in [0.05, 0.1) is 12.7 Å². The summed E-state index contributed by atoms with van der Waals surface area (Å²) < 4.78 is 5.62. The molecule has 0 aromatic heterocycles. The molecule has 3 nitrogen and oxygen atoms in total. The molecule has 0 radical (unpaired) electrons. The lowest BCUT2D eigenvalue weighted by molar-refractivity contribution is 0.0160. The average molecular weight is 196 g/mol. The highest BCUT2D eigenvalue weighted by Crippen LogP contribution is 2.33. The van der Waals surface area contributed by atoms with Crippen LogP contribution in [0.3, 0.4) is 0 Å². The monoisotopic (exact) mass is 196 g/mol. The molecule has 14 heavy (non-hydrogen) atoms. The number of hydrogen-bond donors (Lipinski definition) is 1. The van der Waals surface area contributed by atoms with E-state index in [1.807, 2.05) is 0 Å². The number of ether oxygens (including phenoxy) is 1. The van der Waals surface area contributed by atoms with Gasteiger partial charge in [0.1, 0.15) is 0 Å². The van der Waals surface area contributed by atoms with Crippen molar-refractivity contribution in [3.05, 3.63) is 0 Å². The van der Waals surface area contributed by atoms with Crippen LogP contribution in [0.2, 0.25) is 0 Å². The van der Waals surface area contributed by atoms with Crippen LogP contribution in [0.5, 0.6) is 0 Å². The van der Waals surface area contributed by atoms with E-state index in [1.54, 1.807) is 0 Å². The van der Waals surface area contributed by atoms with Crippen molar-refractivity contribution in [2.24, 2.45) is 5.41 Å². The molecule has 3 aliphatic heterocycles. The molecule has 0 aliphatic carbocycles. The second-order valence-corrected chi connectivity index (χ2v) is 5.51. The summed E-state index contributed by atoms with van der Waals surface area (Å²) in [5, 5.41) is 3.47. The molecule has 0 aromatic carbocycles. The maximum Gasteiger partial charge on any atom is 0.0718 e. The Morgan fingerprint density at radius 2 is 2.50 bits per heavy atom. The first-order chi connectivity index (χ1) is 6.75. The minimum atomic E-state index is 0.518. The summed E-state index contributed by atoms with van der Waals surface area (Å²) in [6, 6.07) is 0.734. The van der Waals surface area contributed by atoms with Gasteiger partial charge < -0.3 is 10.1 Å². The Kier molecular flexibility index (Phi) is 2.08. The van der Waals surface area contributed by atoms with Gasteiger partial charge in [0, 0.05) is 25.7 Å². The summed E-state index contributed by atoms with van der Waals surface area (Å²) in [5.41, 5.74) is 0.518. The Bertz CT molecular complexity index is 225. The van der Waals surface area contributed by atoms with Crippen LogP contribution >= 0.6 is 0 Å². The van der Waals surface area contributed by atoms with Crippen molar-refractivity contribution in [2.45, 2.75) is 31.9 Å². The smallest absolute Gasteiger partial charge is 0.0718 e. The van der Waals surface area contributed by atoms with Crippen molar-refractivity contribution in [1.82, 2.24) is 10.2 Å². The predicted molar refractivity (Wildman–Crippen MR) is 55.3 cm³/mol. The van der Waals surface area contributed by atoms with Crippen LogP contribution in [0.15, 0.2) is 0 Å². The quantitative estimate of drug-likeness (QED) is 0.694. The van der Waals surface area contributed by atoms with Crippen molar-refractivity contribution in [2.75, 3.05) is 32.8 Å². The van der Waals surface area contributed by atoms with E-state index in [0.717, 1.165) is 12.6 Å². The molecule has 80 valence electrons. The van der Waals surface area contributed by atoms with Crippen LogP contribution in [0.1, 0.15) is 19.8 Å². The van der Waals surface area contributed by atoms with Crippen LogP contribution in [0.4, 0.5) is 0 Å². The van der Waals surface area contributed by atoms with Crippen LogP contribution in [0, 0.1) is 5.41 Å². The van der Waals surface area contributed by atoms with E-state index in [0.29, 0.717) is 11.5 Å². The van der Waals surface area contributed by atoms with E-state index in [1.165, 1.54) is 39.0 Å². The number of nitrogens with one attached hydrogen (secondary N) is 1.